The van der Waals surface area contributed by atoms with E-state index in [9.17, 15) is 0 Å². The van der Waals surface area contributed by atoms with Crippen molar-refractivity contribution in [2.24, 2.45) is 0 Å². The average molecular weight is 424 g/mol. The van der Waals surface area contributed by atoms with Crippen LogP contribution in [0.1, 0.15) is 0 Å². The normalized spacial score (nSPS) is 11.5. The van der Waals surface area contributed by atoms with Gasteiger partial charge in [0.05, 0.1) is 0 Å². The van der Waals surface area contributed by atoms with Crippen LogP contribution in [0.5, 0.6) is 0 Å². The molecule has 127 valence electrons. The topological polar surface area (TPSA) is 0 Å². The van der Waals surface area contributed by atoms with E-state index in [1.807, 2.05) is 0 Å². The van der Waals surface area contributed by atoms with Crippen LogP contribution in [-0.4, -0.2) is 41.0 Å². The molecule has 3 rings (SSSR count). The molecule has 1 radical (unpaired) electrons. The van der Waals surface area contributed by atoms with Gasteiger partial charge in [-0.25, -0.2) is 0 Å². The molecule has 0 heterocycles. The molecule has 0 unspecified atom stereocenters. The number of rotatable bonds is 5. The molecule has 0 saturated heterocycles. The first-order valence-corrected chi connectivity index (χ1v) is 16.2. The molecular formula is C22H25GeP2. The molecule has 0 amide bonds. The second kappa shape index (κ2) is 8.63. The van der Waals surface area contributed by atoms with Gasteiger partial charge in [0.2, 0.25) is 0 Å². The van der Waals surface area contributed by atoms with Gasteiger partial charge in [0, 0.05) is 0 Å². The van der Waals surface area contributed by atoms with Crippen molar-refractivity contribution in [3.63, 3.8) is 0 Å². The van der Waals surface area contributed by atoms with Gasteiger partial charge < -0.3 is 0 Å². The van der Waals surface area contributed by atoms with Crippen molar-refractivity contribution in [2.45, 2.75) is 0 Å². The first-order chi connectivity index (χ1) is 12.1. The van der Waals surface area contributed by atoms with E-state index in [-0.39, 0.29) is 15.8 Å². The van der Waals surface area contributed by atoms with Crippen molar-refractivity contribution < 1.29 is 0 Å². The summed E-state index contributed by atoms with van der Waals surface area (Å²) < 4.78 is 4.82. The van der Waals surface area contributed by atoms with Gasteiger partial charge in [0.1, 0.15) is 0 Å². The summed E-state index contributed by atoms with van der Waals surface area (Å²) in [6, 6.07) is 29.7. The molecule has 0 fully saturated rings. The predicted molar refractivity (Wildman–Crippen MR) is 121 cm³/mol. The zero-order valence-electron chi connectivity index (χ0n) is 15.4. The third-order valence-corrected chi connectivity index (χ3v) is 14.0. The van der Waals surface area contributed by atoms with Gasteiger partial charge in [-0.1, -0.05) is 0 Å². The zero-order valence-corrected chi connectivity index (χ0v) is 19.3. The number of hydrogen-bond donors (Lipinski definition) is 0. The zero-order chi connectivity index (χ0) is 17.8. The van der Waals surface area contributed by atoms with Gasteiger partial charge in [0.25, 0.3) is 0 Å². The Morgan fingerprint density at radius 2 is 0.920 bits per heavy atom. The second-order valence-corrected chi connectivity index (χ2v) is 16.2. The Bertz CT molecular complexity index is 777. The summed E-state index contributed by atoms with van der Waals surface area (Å²) in [5.41, 5.74) is 0. The Balaban J connectivity index is 2.27. The Labute approximate surface area is 159 Å². The van der Waals surface area contributed by atoms with E-state index in [1.165, 1.54) is 0 Å². The molecule has 3 aromatic carbocycles. The summed E-state index contributed by atoms with van der Waals surface area (Å²) in [5.74, 6) is 0. The van der Waals surface area contributed by atoms with Crippen LogP contribution in [0.25, 0.3) is 0 Å². The summed E-state index contributed by atoms with van der Waals surface area (Å²) in [5, 5.41) is 3.17. The van der Waals surface area contributed by atoms with E-state index in [4.69, 9.17) is 0 Å². The van der Waals surface area contributed by atoms with Crippen molar-refractivity contribution in [2.75, 3.05) is 26.7 Å². The van der Waals surface area contributed by atoms with Crippen LogP contribution in [0, 0.1) is 0 Å². The maximum atomic E-state index is 2.41. The quantitative estimate of drug-likeness (QED) is 0.437. The van der Waals surface area contributed by atoms with Crippen LogP contribution >= 0.6 is 15.8 Å². The van der Waals surface area contributed by atoms with Gasteiger partial charge in [-0.15, -0.1) is 0 Å². The minimum absolute atomic E-state index is 0.108. The Morgan fingerprint density at radius 1 is 0.520 bits per heavy atom. The van der Waals surface area contributed by atoms with Crippen molar-refractivity contribution in [1.29, 1.82) is 0 Å². The van der Waals surface area contributed by atoms with Crippen molar-refractivity contribution in [1.82, 2.24) is 0 Å². The number of hydrogen-bond acceptors (Lipinski definition) is 0. The Morgan fingerprint density at radius 3 is 1.36 bits per heavy atom. The molecule has 0 saturated carbocycles. The molecular weight excluding hydrogens is 399 g/mol. The monoisotopic (exact) mass is 425 g/mol. The van der Waals surface area contributed by atoms with Crippen LogP contribution in [0.3, 0.4) is 0 Å². The molecule has 0 aliphatic heterocycles. The van der Waals surface area contributed by atoms with Crippen molar-refractivity contribution >= 4 is 54.0 Å². The maximum absolute atomic E-state index is 2.41. The van der Waals surface area contributed by atoms with E-state index < -0.39 is 14.3 Å². The molecule has 0 N–H and O–H groups in total. The summed E-state index contributed by atoms with van der Waals surface area (Å²) >= 11 is -1.82. The summed E-state index contributed by atoms with van der Waals surface area (Å²) in [7, 11) is -0.215. The van der Waals surface area contributed by atoms with Gasteiger partial charge in [-0.05, 0) is 0 Å². The summed E-state index contributed by atoms with van der Waals surface area (Å²) in [4.78, 5) is 0. The fourth-order valence-electron chi connectivity index (χ4n) is 3.21. The Hall–Kier alpha value is -0.937. The van der Waals surface area contributed by atoms with Crippen LogP contribution in [0.2, 0.25) is 0 Å². The van der Waals surface area contributed by atoms with E-state index >= 15 is 0 Å². The molecule has 3 aromatic rings. The molecule has 0 bridgehead atoms. The van der Waals surface area contributed by atoms with E-state index in [1.54, 1.807) is 23.8 Å². The van der Waals surface area contributed by atoms with E-state index in [0.29, 0.717) is 0 Å². The second-order valence-electron chi connectivity index (χ2n) is 6.56. The summed E-state index contributed by atoms with van der Waals surface area (Å²) in [6.45, 7) is 9.53. The van der Waals surface area contributed by atoms with Crippen LogP contribution in [0.15, 0.2) is 78.9 Å². The van der Waals surface area contributed by atoms with Crippen LogP contribution in [0.4, 0.5) is 0 Å². The third kappa shape index (κ3) is 4.25. The molecule has 0 aromatic heterocycles. The molecule has 0 spiro atoms. The van der Waals surface area contributed by atoms with Gasteiger partial charge >= 0.3 is 160 Å². The fourth-order valence-corrected chi connectivity index (χ4v) is 14.6. The third-order valence-electron chi connectivity index (χ3n) is 4.37. The molecule has 0 aliphatic carbocycles. The van der Waals surface area contributed by atoms with Gasteiger partial charge in [0.15, 0.2) is 0 Å². The first-order valence-electron chi connectivity index (χ1n) is 8.55. The predicted octanol–water partition coefficient (Wildman–Crippen LogP) is 2.94. The van der Waals surface area contributed by atoms with Crippen LogP contribution < -0.4 is 23.8 Å². The van der Waals surface area contributed by atoms with Gasteiger partial charge in [-0.3, -0.25) is 0 Å². The first kappa shape index (κ1) is 18.8. The van der Waals surface area contributed by atoms with E-state index in [0.717, 1.165) is 0 Å². The van der Waals surface area contributed by atoms with E-state index in [2.05, 4.69) is 106 Å². The standard InChI is InChI=1S/C22H25GeP2/c1-24(2)21-16-10-8-14-19(21)23(18-12-6-5-7-13-18)20-15-9-11-17-22(20)25(3)4/h5-17H,1-4H3. The average Bonchev–Trinajstić information content (AvgIpc) is 2.63. The van der Waals surface area contributed by atoms with Crippen molar-refractivity contribution in [3.05, 3.63) is 78.9 Å². The SMILES string of the molecule is CP(C)c1cccc[c]1[Ge]([c]1ccccc1)[c]1ccccc1P(C)C. The number of benzene rings is 3. The molecule has 0 nitrogen and oxygen atoms in total. The molecule has 0 aliphatic rings. The summed E-state index contributed by atoms with van der Waals surface area (Å²) in [6.07, 6.45) is 0. The molecule has 25 heavy (non-hydrogen) atoms. The minimum atomic E-state index is -1.82. The Kier molecular flexibility index (Phi) is 6.51. The van der Waals surface area contributed by atoms with Crippen LogP contribution in [-0.2, 0) is 0 Å². The van der Waals surface area contributed by atoms with Gasteiger partial charge in [-0.2, -0.15) is 0 Å². The van der Waals surface area contributed by atoms with Crippen molar-refractivity contribution in [3.8, 4) is 0 Å². The fraction of sp³-hybridized carbons (Fsp3) is 0.182. The molecule has 3 heteroatoms. The molecule has 0 atom stereocenters.